The molecule has 22 heavy (non-hydrogen) atoms. The van der Waals surface area contributed by atoms with Gasteiger partial charge in [-0.15, -0.1) is 0 Å². The number of benzene rings is 1. The van der Waals surface area contributed by atoms with Crippen LogP contribution in [-0.4, -0.2) is 16.2 Å². The largest absolute Gasteiger partial charge is 0.494 e. The van der Waals surface area contributed by atoms with Crippen LogP contribution in [0.25, 0.3) is 10.8 Å². The second-order valence-corrected chi connectivity index (χ2v) is 5.04. The summed E-state index contributed by atoms with van der Waals surface area (Å²) < 4.78 is 79.2. The summed E-state index contributed by atoms with van der Waals surface area (Å²) in [5, 5.41) is 12.1. The highest BCUT2D eigenvalue weighted by atomic mass is 19.4. The van der Waals surface area contributed by atoms with Crippen LogP contribution in [0.5, 0.6) is 5.88 Å². The summed E-state index contributed by atoms with van der Waals surface area (Å²) in [6.45, 7) is 0.694. The van der Waals surface area contributed by atoms with Crippen LogP contribution in [0.4, 0.5) is 26.3 Å². The summed E-state index contributed by atoms with van der Waals surface area (Å²) >= 11 is 0. The van der Waals surface area contributed by atoms with E-state index in [1.54, 1.807) is 0 Å². The van der Waals surface area contributed by atoms with Crippen LogP contribution >= 0.6 is 0 Å². The van der Waals surface area contributed by atoms with Gasteiger partial charge in [-0.2, -0.15) is 26.3 Å². The summed E-state index contributed by atoms with van der Waals surface area (Å²) in [5.74, 6) is -0.646. The quantitative estimate of drug-likeness (QED) is 0.728. The minimum absolute atomic E-state index is 0.0431. The molecule has 0 bridgehead atoms. The van der Waals surface area contributed by atoms with Crippen molar-refractivity contribution in [2.45, 2.75) is 25.4 Å². The van der Waals surface area contributed by atoms with Crippen molar-refractivity contribution in [3.8, 4) is 5.88 Å². The van der Waals surface area contributed by atoms with Gasteiger partial charge < -0.3 is 15.0 Å². The Hall–Kier alpha value is -1.90. The smallest absolute Gasteiger partial charge is 0.417 e. The Bertz CT molecular complexity index is 744. The van der Waals surface area contributed by atoms with Gasteiger partial charge in [-0.05, 0) is 12.1 Å². The molecule has 1 aliphatic heterocycles. The number of aromatic nitrogens is 1. The highest BCUT2D eigenvalue weighted by molar-refractivity contribution is 5.95. The van der Waals surface area contributed by atoms with Crippen LogP contribution in [0.3, 0.4) is 0 Å². The van der Waals surface area contributed by atoms with Crippen molar-refractivity contribution >= 4 is 10.8 Å². The molecule has 3 nitrogen and oxygen atoms in total. The molecule has 2 N–H and O–H groups in total. The maximum absolute atomic E-state index is 13.1. The lowest BCUT2D eigenvalue weighted by Crippen LogP contribution is -2.27. The SMILES string of the molecule is Oc1c2c(C(F)(F)F)cc(C(F)(F)F)cc2c2n1CCNC2. The predicted molar refractivity (Wildman–Crippen MR) is 65.3 cm³/mol. The van der Waals surface area contributed by atoms with Crippen LogP contribution < -0.4 is 5.32 Å². The van der Waals surface area contributed by atoms with Gasteiger partial charge in [0.05, 0.1) is 16.5 Å². The first-order valence-corrected chi connectivity index (χ1v) is 6.34. The summed E-state index contributed by atoms with van der Waals surface area (Å²) in [5.41, 5.74) is -2.64. The summed E-state index contributed by atoms with van der Waals surface area (Å²) in [6.07, 6.45) is -9.90. The van der Waals surface area contributed by atoms with E-state index >= 15 is 0 Å². The third-order valence-corrected chi connectivity index (χ3v) is 3.69. The molecule has 9 heteroatoms. The topological polar surface area (TPSA) is 37.2 Å². The van der Waals surface area contributed by atoms with Gasteiger partial charge in [0.25, 0.3) is 0 Å². The normalized spacial score (nSPS) is 16.1. The van der Waals surface area contributed by atoms with Crippen molar-refractivity contribution in [1.82, 2.24) is 9.88 Å². The third-order valence-electron chi connectivity index (χ3n) is 3.69. The van der Waals surface area contributed by atoms with Crippen LogP contribution in [0.2, 0.25) is 0 Å². The average molecular weight is 324 g/mol. The minimum atomic E-state index is -5.00. The number of hydrogen-bond donors (Lipinski definition) is 2. The fourth-order valence-corrected chi connectivity index (χ4v) is 2.74. The highest BCUT2D eigenvalue weighted by Crippen LogP contribution is 2.45. The first-order chi connectivity index (χ1) is 10.1. The van der Waals surface area contributed by atoms with Crippen molar-refractivity contribution in [2.24, 2.45) is 0 Å². The van der Waals surface area contributed by atoms with E-state index in [-0.39, 0.29) is 30.2 Å². The Labute approximate surface area is 120 Å². The van der Waals surface area contributed by atoms with E-state index in [0.29, 0.717) is 12.6 Å². The number of hydrogen-bond acceptors (Lipinski definition) is 2. The van der Waals surface area contributed by atoms with E-state index in [9.17, 15) is 31.4 Å². The Morgan fingerprint density at radius 1 is 1.05 bits per heavy atom. The molecule has 0 spiro atoms. The van der Waals surface area contributed by atoms with Gasteiger partial charge in [0, 0.05) is 30.7 Å². The Morgan fingerprint density at radius 3 is 2.32 bits per heavy atom. The Morgan fingerprint density at radius 2 is 1.73 bits per heavy atom. The maximum Gasteiger partial charge on any atom is 0.417 e. The van der Waals surface area contributed by atoms with Gasteiger partial charge in [0.15, 0.2) is 5.88 Å². The van der Waals surface area contributed by atoms with Gasteiger partial charge in [-0.25, -0.2) is 0 Å². The summed E-state index contributed by atoms with van der Waals surface area (Å²) in [6, 6.07) is 0.699. The molecule has 0 unspecified atom stereocenters. The molecule has 0 saturated heterocycles. The standard InChI is InChI=1S/C13H10F6N2O/c14-12(15,16)6-3-7-9-5-20-1-2-21(9)11(22)10(7)8(4-6)13(17,18)19/h3-4,20,22H,1-2,5H2. The molecule has 0 fully saturated rings. The van der Waals surface area contributed by atoms with Crippen LogP contribution in [0, 0.1) is 0 Å². The molecular weight excluding hydrogens is 314 g/mol. The minimum Gasteiger partial charge on any atom is -0.494 e. The van der Waals surface area contributed by atoms with E-state index < -0.39 is 34.7 Å². The van der Waals surface area contributed by atoms with E-state index in [0.717, 1.165) is 0 Å². The third kappa shape index (κ3) is 2.20. The van der Waals surface area contributed by atoms with E-state index in [1.807, 2.05) is 0 Å². The number of fused-ring (bicyclic) bond motifs is 3. The number of aromatic hydroxyl groups is 1. The predicted octanol–water partition coefficient (Wildman–Crippen LogP) is 3.49. The van der Waals surface area contributed by atoms with Crippen molar-refractivity contribution in [1.29, 1.82) is 0 Å². The molecular formula is C13H10F6N2O. The molecule has 0 saturated carbocycles. The zero-order valence-electron chi connectivity index (χ0n) is 10.9. The number of rotatable bonds is 0. The second-order valence-electron chi connectivity index (χ2n) is 5.04. The second kappa shape index (κ2) is 4.55. The van der Waals surface area contributed by atoms with Crippen molar-refractivity contribution < 1.29 is 31.4 Å². The lowest BCUT2D eigenvalue weighted by Gasteiger charge is -2.17. The van der Waals surface area contributed by atoms with Gasteiger partial charge in [-0.1, -0.05) is 0 Å². The monoisotopic (exact) mass is 324 g/mol. The number of halogens is 6. The van der Waals surface area contributed by atoms with Crippen LogP contribution in [0.15, 0.2) is 12.1 Å². The van der Waals surface area contributed by atoms with Gasteiger partial charge >= 0.3 is 12.4 Å². The van der Waals surface area contributed by atoms with Crippen molar-refractivity contribution in [2.75, 3.05) is 6.54 Å². The van der Waals surface area contributed by atoms with Crippen molar-refractivity contribution in [3.05, 3.63) is 29.0 Å². The molecule has 0 atom stereocenters. The summed E-state index contributed by atoms with van der Waals surface area (Å²) in [7, 11) is 0. The Kier molecular flexibility index (Phi) is 3.10. The average Bonchev–Trinajstić information content (AvgIpc) is 2.70. The summed E-state index contributed by atoms with van der Waals surface area (Å²) in [4.78, 5) is 0. The molecule has 3 rings (SSSR count). The van der Waals surface area contributed by atoms with Gasteiger partial charge in [-0.3, -0.25) is 0 Å². The number of nitrogens with zero attached hydrogens (tertiary/aromatic N) is 1. The first-order valence-electron chi connectivity index (χ1n) is 6.34. The van der Waals surface area contributed by atoms with E-state index in [4.69, 9.17) is 0 Å². The molecule has 1 aliphatic rings. The highest BCUT2D eigenvalue weighted by Gasteiger charge is 2.40. The van der Waals surface area contributed by atoms with E-state index in [2.05, 4.69) is 5.32 Å². The van der Waals surface area contributed by atoms with Crippen LogP contribution in [-0.2, 0) is 25.4 Å². The lowest BCUT2D eigenvalue weighted by molar-refractivity contribution is -0.142. The van der Waals surface area contributed by atoms with Gasteiger partial charge in [0.2, 0.25) is 0 Å². The number of alkyl halides is 6. The molecule has 0 radical (unpaired) electrons. The molecule has 120 valence electrons. The molecule has 1 aromatic heterocycles. The van der Waals surface area contributed by atoms with Crippen LogP contribution in [0.1, 0.15) is 16.8 Å². The molecule has 0 amide bonds. The first kappa shape index (κ1) is 15.0. The van der Waals surface area contributed by atoms with Crippen molar-refractivity contribution in [3.63, 3.8) is 0 Å². The zero-order chi connectivity index (χ0) is 16.3. The fourth-order valence-electron chi connectivity index (χ4n) is 2.74. The zero-order valence-corrected chi connectivity index (χ0v) is 10.9. The molecule has 2 aromatic rings. The van der Waals surface area contributed by atoms with E-state index in [1.165, 1.54) is 4.57 Å². The fraction of sp³-hybridized carbons (Fsp3) is 0.385. The molecule has 2 heterocycles. The molecule has 0 aliphatic carbocycles. The number of nitrogens with one attached hydrogen (secondary N) is 1. The maximum atomic E-state index is 13.1. The molecule has 1 aromatic carbocycles. The lowest BCUT2D eigenvalue weighted by atomic mass is 10.0. The Balaban J connectivity index is 2.43. The van der Waals surface area contributed by atoms with Gasteiger partial charge in [0.1, 0.15) is 0 Å².